The molecule has 2 N–H and O–H groups in total. The second kappa shape index (κ2) is 3.88. The summed E-state index contributed by atoms with van der Waals surface area (Å²) in [6, 6.07) is 3.96. The molecule has 0 aromatic heterocycles. The molecule has 0 bridgehead atoms. The minimum absolute atomic E-state index is 0.126. The van der Waals surface area contributed by atoms with Crippen molar-refractivity contribution in [3.05, 3.63) is 29.6 Å². The van der Waals surface area contributed by atoms with Crippen LogP contribution in [-0.2, 0) is 0 Å². The molecule has 1 aliphatic rings. The first-order valence-corrected chi connectivity index (χ1v) is 5.02. The van der Waals surface area contributed by atoms with Crippen LogP contribution in [0.15, 0.2) is 18.2 Å². The summed E-state index contributed by atoms with van der Waals surface area (Å²) in [5, 5.41) is 0. The first-order chi connectivity index (χ1) is 7.16. The highest BCUT2D eigenvalue weighted by Gasteiger charge is 2.19. The van der Waals surface area contributed by atoms with Crippen LogP contribution in [0.4, 0.5) is 10.1 Å². The normalized spacial score (nSPS) is 15.7. The van der Waals surface area contributed by atoms with Crippen LogP contribution in [0.3, 0.4) is 0 Å². The van der Waals surface area contributed by atoms with Crippen LogP contribution in [0.1, 0.15) is 23.2 Å². The van der Waals surface area contributed by atoms with Crippen molar-refractivity contribution in [2.45, 2.75) is 12.8 Å². The molecule has 0 saturated carbocycles. The Balaban J connectivity index is 2.24. The number of rotatable bonds is 1. The number of carbonyl (C=O) groups is 1. The molecule has 0 spiro atoms. The molecule has 1 aliphatic heterocycles. The third kappa shape index (κ3) is 2.09. The zero-order valence-electron chi connectivity index (χ0n) is 8.37. The maximum Gasteiger partial charge on any atom is 0.254 e. The fraction of sp³-hybridized carbons (Fsp3) is 0.364. The van der Waals surface area contributed by atoms with E-state index in [-0.39, 0.29) is 11.6 Å². The molecular weight excluding hydrogens is 195 g/mol. The molecule has 0 aliphatic carbocycles. The Kier molecular flexibility index (Phi) is 2.58. The number of amides is 1. The number of nitrogens with zero attached hydrogens (tertiary/aromatic N) is 1. The molecule has 1 fully saturated rings. The minimum Gasteiger partial charge on any atom is -0.399 e. The molecule has 1 amide bonds. The van der Waals surface area contributed by atoms with Crippen molar-refractivity contribution in [2.75, 3.05) is 18.8 Å². The monoisotopic (exact) mass is 208 g/mol. The van der Waals surface area contributed by atoms with E-state index < -0.39 is 5.82 Å². The second-order valence-corrected chi connectivity index (χ2v) is 3.77. The van der Waals surface area contributed by atoms with E-state index in [0.717, 1.165) is 25.9 Å². The van der Waals surface area contributed by atoms with E-state index >= 15 is 0 Å². The van der Waals surface area contributed by atoms with Crippen molar-refractivity contribution in [1.82, 2.24) is 4.90 Å². The van der Waals surface area contributed by atoms with Gasteiger partial charge in [0.2, 0.25) is 0 Å². The molecule has 1 saturated heterocycles. The van der Waals surface area contributed by atoms with Gasteiger partial charge in [-0.1, -0.05) is 0 Å². The van der Waals surface area contributed by atoms with Crippen LogP contribution in [-0.4, -0.2) is 23.9 Å². The van der Waals surface area contributed by atoms with Gasteiger partial charge in [-0.05, 0) is 31.0 Å². The lowest BCUT2D eigenvalue weighted by atomic mass is 10.1. The topological polar surface area (TPSA) is 46.3 Å². The summed E-state index contributed by atoms with van der Waals surface area (Å²) in [4.78, 5) is 13.6. The zero-order chi connectivity index (χ0) is 10.8. The van der Waals surface area contributed by atoms with Gasteiger partial charge >= 0.3 is 0 Å². The molecule has 2 rings (SSSR count). The Morgan fingerprint density at radius 2 is 1.93 bits per heavy atom. The molecule has 80 valence electrons. The average molecular weight is 208 g/mol. The SMILES string of the molecule is Nc1cc(F)cc(C(=O)N2CCCC2)c1. The molecule has 4 heteroatoms. The van der Waals surface area contributed by atoms with E-state index in [1.807, 2.05) is 0 Å². The molecule has 3 nitrogen and oxygen atoms in total. The van der Waals surface area contributed by atoms with Gasteiger partial charge in [-0.15, -0.1) is 0 Å². The molecule has 15 heavy (non-hydrogen) atoms. The molecule has 1 aromatic carbocycles. The molecule has 0 radical (unpaired) electrons. The van der Waals surface area contributed by atoms with Gasteiger partial charge < -0.3 is 10.6 Å². The predicted molar refractivity (Wildman–Crippen MR) is 55.9 cm³/mol. The predicted octanol–water partition coefficient (Wildman–Crippen LogP) is 1.64. The van der Waals surface area contributed by atoms with Gasteiger partial charge in [-0.25, -0.2) is 4.39 Å². The van der Waals surface area contributed by atoms with Crippen LogP contribution in [0.25, 0.3) is 0 Å². The van der Waals surface area contributed by atoms with Crippen LogP contribution in [0, 0.1) is 5.82 Å². The maximum atomic E-state index is 13.0. The van der Waals surface area contributed by atoms with Crippen LogP contribution in [0.2, 0.25) is 0 Å². The van der Waals surface area contributed by atoms with Gasteiger partial charge in [0.05, 0.1) is 0 Å². The van der Waals surface area contributed by atoms with Gasteiger partial charge in [0, 0.05) is 24.3 Å². The standard InChI is InChI=1S/C11H13FN2O/c12-9-5-8(6-10(13)7-9)11(15)14-3-1-2-4-14/h5-7H,1-4,13H2. The second-order valence-electron chi connectivity index (χ2n) is 3.77. The third-order valence-electron chi connectivity index (χ3n) is 2.56. The lowest BCUT2D eigenvalue weighted by Crippen LogP contribution is -2.27. The Morgan fingerprint density at radius 3 is 2.53 bits per heavy atom. The molecule has 0 unspecified atom stereocenters. The number of nitrogen functional groups attached to an aromatic ring is 1. The highest BCUT2D eigenvalue weighted by molar-refractivity contribution is 5.95. The molecule has 0 atom stereocenters. The van der Waals surface area contributed by atoms with E-state index in [0.29, 0.717) is 5.56 Å². The minimum atomic E-state index is -0.461. The van der Waals surface area contributed by atoms with Crippen molar-refractivity contribution in [1.29, 1.82) is 0 Å². The van der Waals surface area contributed by atoms with Crippen molar-refractivity contribution in [3.63, 3.8) is 0 Å². The summed E-state index contributed by atoms with van der Waals surface area (Å²) in [6.07, 6.45) is 2.05. The number of anilines is 1. The van der Waals surface area contributed by atoms with Crippen LogP contribution in [0.5, 0.6) is 0 Å². The zero-order valence-corrected chi connectivity index (χ0v) is 8.37. The summed E-state index contributed by atoms with van der Waals surface area (Å²) in [5.74, 6) is -0.587. The van der Waals surface area contributed by atoms with Gasteiger partial charge in [-0.2, -0.15) is 0 Å². The Labute approximate surface area is 87.7 Å². The smallest absolute Gasteiger partial charge is 0.254 e. The van der Waals surface area contributed by atoms with Crippen LogP contribution >= 0.6 is 0 Å². The van der Waals surface area contributed by atoms with E-state index in [1.165, 1.54) is 18.2 Å². The fourth-order valence-electron chi connectivity index (χ4n) is 1.84. The summed E-state index contributed by atoms with van der Waals surface area (Å²) < 4.78 is 13.0. The maximum absolute atomic E-state index is 13.0. The van der Waals surface area contributed by atoms with Crippen molar-refractivity contribution in [2.24, 2.45) is 0 Å². The van der Waals surface area contributed by atoms with Crippen molar-refractivity contribution < 1.29 is 9.18 Å². The molecule has 1 heterocycles. The Hall–Kier alpha value is -1.58. The van der Waals surface area contributed by atoms with Gasteiger partial charge in [-0.3, -0.25) is 4.79 Å². The Morgan fingerprint density at radius 1 is 1.27 bits per heavy atom. The van der Waals surface area contributed by atoms with Crippen molar-refractivity contribution in [3.8, 4) is 0 Å². The number of nitrogens with two attached hydrogens (primary N) is 1. The van der Waals surface area contributed by atoms with Gasteiger partial charge in [0.25, 0.3) is 5.91 Å². The quantitative estimate of drug-likeness (QED) is 0.713. The lowest BCUT2D eigenvalue weighted by molar-refractivity contribution is 0.0792. The highest BCUT2D eigenvalue weighted by atomic mass is 19.1. The first-order valence-electron chi connectivity index (χ1n) is 5.02. The number of likely N-dealkylation sites (tertiary alicyclic amines) is 1. The van der Waals surface area contributed by atoms with Crippen molar-refractivity contribution >= 4 is 11.6 Å². The van der Waals surface area contributed by atoms with Gasteiger partial charge in [0.15, 0.2) is 0 Å². The van der Waals surface area contributed by atoms with Crippen LogP contribution < -0.4 is 5.73 Å². The number of carbonyl (C=O) groups excluding carboxylic acids is 1. The fourth-order valence-corrected chi connectivity index (χ4v) is 1.84. The molecule has 1 aromatic rings. The highest BCUT2D eigenvalue weighted by Crippen LogP contribution is 2.16. The summed E-state index contributed by atoms with van der Waals surface area (Å²) in [5.41, 5.74) is 6.12. The lowest BCUT2D eigenvalue weighted by Gasteiger charge is -2.15. The first kappa shape index (κ1) is 9.96. The summed E-state index contributed by atoms with van der Waals surface area (Å²) in [7, 11) is 0. The average Bonchev–Trinajstić information content (AvgIpc) is 2.67. The number of benzene rings is 1. The van der Waals surface area contributed by atoms with E-state index in [2.05, 4.69) is 0 Å². The van der Waals surface area contributed by atoms with E-state index in [9.17, 15) is 9.18 Å². The number of hydrogen-bond acceptors (Lipinski definition) is 2. The summed E-state index contributed by atoms with van der Waals surface area (Å²) in [6.45, 7) is 1.52. The third-order valence-corrected chi connectivity index (χ3v) is 2.56. The van der Waals surface area contributed by atoms with Gasteiger partial charge in [0.1, 0.15) is 5.82 Å². The summed E-state index contributed by atoms with van der Waals surface area (Å²) >= 11 is 0. The van der Waals surface area contributed by atoms with E-state index in [4.69, 9.17) is 5.73 Å². The molecular formula is C11H13FN2O. The number of halogens is 1. The largest absolute Gasteiger partial charge is 0.399 e. The number of hydrogen-bond donors (Lipinski definition) is 1. The van der Waals surface area contributed by atoms with E-state index in [1.54, 1.807) is 4.90 Å². The Bertz CT molecular complexity index is 366.